The van der Waals surface area contributed by atoms with Crippen LogP contribution in [0.1, 0.15) is 31.2 Å². The third-order valence-electron chi connectivity index (χ3n) is 1.63. The summed E-state index contributed by atoms with van der Waals surface area (Å²) in [5.41, 5.74) is 0. The van der Waals surface area contributed by atoms with Gasteiger partial charge in [-0.3, -0.25) is 0 Å². The fourth-order valence-electron chi connectivity index (χ4n) is 0.917. The van der Waals surface area contributed by atoms with E-state index in [9.17, 15) is 4.55 Å². The SMILES string of the molecule is CCCCC[S+]([O-])c1nnc(C#N)s1. The third-order valence-corrected chi connectivity index (χ3v) is 4.19. The number of hydrogen-bond donors (Lipinski definition) is 0. The highest BCUT2D eigenvalue weighted by atomic mass is 32.2. The van der Waals surface area contributed by atoms with E-state index in [0.29, 0.717) is 10.1 Å². The van der Waals surface area contributed by atoms with E-state index in [1.807, 2.05) is 6.07 Å². The second-order valence-corrected chi connectivity index (χ2v) is 5.46. The molecule has 0 aromatic carbocycles. The van der Waals surface area contributed by atoms with Crippen LogP contribution in [-0.2, 0) is 11.2 Å². The van der Waals surface area contributed by atoms with Gasteiger partial charge in [0.25, 0.3) is 0 Å². The molecule has 6 heteroatoms. The monoisotopic (exact) mass is 229 g/mol. The number of rotatable bonds is 5. The molecule has 0 saturated heterocycles. The van der Waals surface area contributed by atoms with Gasteiger partial charge < -0.3 is 4.55 Å². The molecule has 4 nitrogen and oxygen atoms in total. The Balaban J connectivity index is 2.44. The van der Waals surface area contributed by atoms with Crippen LogP contribution in [0.15, 0.2) is 4.34 Å². The maximum Gasteiger partial charge on any atom is 0.322 e. The minimum Gasteiger partial charge on any atom is -0.610 e. The highest BCUT2D eigenvalue weighted by Gasteiger charge is 2.16. The zero-order valence-corrected chi connectivity index (χ0v) is 9.53. The minimum atomic E-state index is -1.07. The summed E-state index contributed by atoms with van der Waals surface area (Å²) in [4.78, 5) is 0. The van der Waals surface area contributed by atoms with Crippen molar-refractivity contribution in [2.45, 2.75) is 30.5 Å². The summed E-state index contributed by atoms with van der Waals surface area (Å²) < 4.78 is 12.0. The average Bonchev–Trinajstić information content (AvgIpc) is 2.66. The molecule has 76 valence electrons. The Morgan fingerprint density at radius 2 is 2.29 bits per heavy atom. The average molecular weight is 229 g/mol. The van der Waals surface area contributed by atoms with Gasteiger partial charge in [0.2, 0.25) is 5.01 Å². The summed E-state index contributed by atoms with van der Waals surface area (Å²) >= 11 is 0.0437. The van der Waals surface area contributed by atoms with Crippen LogP contribution in [0, 0.1) is 11.3 Å². The van der Waals surface area contributed by atoms with E-state index in [1.165, 1.54) is 0 Å². The molecule has 0 N–H and O–H groups in total. The van der Waals surface area contributed by atoms with Crippen LogP contribution in [0.4, 0.5) is 0 Å². The Hall–Kier alpha value is -0.640. The van der Waals surface area contributed by atoms with Crippen molar-refractivity contribution in [1.29, 1.82) is 5.26 Å². The number of nitriles is 1. The Bertz CT molecular complexity index is 321. The summed E-state index contributed by atoms with van der Waals surface area (Å²) in [6.45, 7) is 2.10. The molecule has 1 atom stereocenters. The predicted molar refractivity (Wildman–Crippen MR) is 55.4 cm³/mol. The maximum absolute atomic E-state index is 11.6. The van der Waals surface area contributed by atoms with E-state index in [-0.39, 0.29) is 5.01 Å². The van der Waals surface area contributed by atoms with Crippen LogP contribution in [0.5, 0.6) is 0 Å². The zero-order valence-electron chi connectivity index (χ0n) is 7.89. The first kappa shape index (κ1) is 11.4. The van der Waals surface area contributed by atoms with E-state index in [4.69, 9.17) is 5.26 Å². The van der Waals surface area contributed by atoms with Gasteiger partial charge in [0, 0.05) is 11.2 Å². The summed E-state index contributed by atoms with van der Waals surface area (Å²) in [6, 6.07) is 1.88. The normalized spacial score (nSPS) is 12.4. The van der Waals surface area contributed by atoms with Crippen molar-refractivity contribution < 1.29 is 4.55 Å². The molecule has 0 radical (unpaired) electrons. The van der Waals surface area contributed by atoms with Gasteiger partial charge in [-0.25, -0.2) is 0 Å². The van der Waals surface area contributed by atoms with E-state index in [1.54, 1.807) is 0 Å². The molecule has 0 saturated carbocycles. The quantitative estimate of drug-likeness (QED) is 0.569. The topological polar surface area (TPSA) is 72.6 Å². The van der Waals surface area contributed by atoms with Crippen LogP contribution in [-0.4, -0.2) is 20.5 Å². The predicted octanol–water partition coefficient (Wildman–Crippen LogP) is 1.71. The summed E-state index contributed by atoms with van der Waals surface area (Å²) in [6.07, 6.45) is 3.12. The number of hydrogen-bond acceptors (Lipinski definition) is 5. The van der Waals surface area contributed by atoms with Gasteiger partial charge in [-0.05, 0) is 24.2 Å². The molecule has 0 fully saturated rings. The number of aromatic nitrogens is 2. The van der Waals surface area contributed by atoms with E-state index < -0.39 is 11.2 Å². The van der Waals surface area contributed by atoms with Crippen molar-refractivity contribution in [3.8, 4) is 6.07 Å². The molecule has 0 bridgehead atoms. The molecule has 0 spiro atoms. The van der Waals surface area contributed by atoms with Crippen LogP contribution in [0.2, 0.25) is 0 Å². The fourth-order valence-corrected chi connectivity index (χ4v) is 2.92. The first-order valence-corrected chi connectivity index (χ1v) is 6.53. The van der Waals surface area contributed by atoms with Crippen molar-refractivity contribution in [2.24, 2.45) is 0 Å². The van der Waals surface area contributed by atoms with Crippen LogP contribution in [0.25, 0.3) is 0 Å². The molecule has 1 heterocycles. The first-order chi connectivity index (χ1) is 6.77. The molecule has 0 aliphatic heterocycles. The lowest BCUT2D eigenvalue weighted by Gasteiger charge is -2.04. The second kappa shape index (κ2) is 5.96. The van der Waals surface area contributed by atoms with Crippen molar-refractivity contribution in [3.05, 3.63) is 5.01 Å². The van der Waals surface area contributed by atoms with Crippen molar-refractivity contribution in [1.82, 2.24) is 10.2 Å². The maximum atomic E-state index is 11.6. The Labute approximate surface area is 90.2 Å². The standard InChI is InChI=1S/C8H11N3OS2/c1-2-3-4-5-14(12)8-11-10-7(6-9)13-8/h2-5H2,1H3. The molecule has 1 unspecified atom stereocenters. The third kappa shape index (κ3) is 3.25. The molecule has 14 heavy (non-hydrogen) atoms. The largest absolute Gasteiger partial charge is 0.610 e. The smallest absolute Gasteiger partial charge is 0.322 e. The highest BCUT2D eigenvalue weighted by Crippen LogP contribution is 2.17. The second-order valence-electron chi connectivity index (χ2n) is 2.74. The van der Waals surface area contributed by atoms with E-state index in [2.05, 4.69) is 17.1 Å². The van der Waals surface area contributed by atoms with Gasteiger partial charge in [-0.1, -0.05) is 18.4 Å². The molecule has 1 aromatic heterocycles. The van der Waals surface area contributed by atoms with E-state index >= 15 is 0 Å². The van der Waals surface area contributed by atoms with Crippen LogP contribution in [0.3, 0.4) is 0 Å². The molecule has 1 rings (SSSR count). The lowest BCUT2D eigenvalue weighted by atomic mass is 10.3. The molecule has 0 aliphatic rings. The van der Waals surface area contributed by atoms with Gasteiger partial charge in [0.15, 0.2) is 0 Å². The number of unbranched alkanes of at least 4 members (excludes halogenated alkanes) is 2. The molecule has 0 aliphatic carbocycles. The van der Waals surface area contributed by atoms with Gasteiger partial charge in [-0.2, -0.15) is 5.26 Å². The van der Waals surface area contributed by atoms with Gasteiger partial charge >= 0.3 is 4.34 Å². The van der Waals surface area contributed by atoms with Crippen molar-refractivity contribution in [2.75, 3.05) is 5.75 Å². The van der Waals surface area contributed by atoms with Crippen LogP contribution >= 0.6 is 11.3 Å². The van der Waals surface area contributed by atoms with Crippen molar-refractivity contribution in [3.63, 3.8) is 0 Å². The Morgan fingerprint density at radius 3 is 2.86 bits per heavy atom. The molecular formula is C8H11N3OS2. The zero-order chi connectivity index (χ0) is 10.4. The van der Waals surface area contributed by atoms with Gasteiger partial charge in [0.05, 0.1) is 0 Å². The molecule has 1 aromatic rings. The molecule has 0 amide bonds. The van der Waals surface area contributed by atoms with E-state index in [0.717, 1.165) is 30.6 Å². The fraction of sp³-hybridized carbons (Fsp3) is 0.625. The summed E-state index contributed by atoms with van der Waals surface area (Å²) in [5.74, 6) is 0.619. The number of nitrogens with zero attached hydrogens (tertiary/aromatic N) is 3. The molecular weight excluding hydrogens is 218 g/mol. The Kier molecular flexibility index (Phi) is 4.87. The van der Waals surface area contributed by atoms with Gasteiger partial charge in [0.1, 0.15) is 11.8 Å². The minimum absolute atomic E-state index is 0.281. The van der Waals surface area contributed by atoms with Gasteiger partial charge in [-0.15, -0.1) is 5.10 Å². The highest BCUT2D eigenvalue weighted by molar-refractivity contribution is 7.93. The lowest BCUT2D eigenvalue weighted by Crippen LogP contribution is -2.06. The first-order valence-electron chi connectivity index (χ1n) is 4.40. The summed E-state index contributed by atoms with van der Waals surface area (Å²) in [5, 5.41) is 16.1. The van der Waals surface area contributed by atoms with Crippen molar-refractivity contribution >= 4 is 22.5 Å². The summed E-state index contributed by atoms with van der Waals surface area (Å²) in [7, 11) is 0. The lowest BCUT2D eigenvalue weighted by molar-refractivity contribution is 0.588. The Morgan fingerprint density at radius 1 is 1.50 bits per heavy atom. The van der Waals surface area contributed by atoms with Crippen LogP contribution < -0.4 is 0 Å².